The molecule has 0 saturated carbocycles. The summed E-state index contributed by atoms with van der Waals surface area (Å²) in [7, 11) is 0. The maximum atomic E-state index is 11.4. The molecule has 0 aromatic rings. The first kappa shape index (κ1) is 17.5. The summed E-state index contributed by atoms with van der Waals surface area (Å²) in [4.78, 5) is 23.2. The number of hydrogen-bond acceptors (Lipinski definition) is 4. The Hall–Kier alpha value is -1.52. The molecule has 0 radical (unpaired) electrons. The van der Waals surface area contributed by atoms with Gasteiger partial charge in [0.2, 0.25) is 0 Å². The highest BCUT2D eigenvalue weighted by atomic mass is 16.6. The molecule has 0 N–H and O–H groups in total. The van der Waals surface area contributed by atoms with Crippen LogP contribution >= 0.6 is 0 Å². The first-order valence-electron chi connectivity index (χ1n) is 6.57. The van der Waals surface area contributed by atoms with Gasteiger partial charge in [-0.3, -0.25) is 0 Å². The van der Waals surface area contributed by atoms with Gasteiger partial charge < -0.3 is 14.4 Å². The summed E-state index contributed by atoms with van der Waals surface area (Å²) < 4.78 is 9.64. The summed E-state index contributed by atoms with van der Waals surface area (Å²) in [5, 5.41) is 0. The van der Waals surface area contributed by atoms with Gasteiger partial charge in [-0.05, 0) is 40.5 Å². The molecular formula is C14H25NO4. The van der Waals surface area contributed by atoms with Crippen LogP contribution in [0.3, 0.4) is 0 Å². The van der Waals surface area contributed by atoms with Gasteiger partial charge in [-0.2, -0.15) is 0 Å². The lowest BCUT2D eigenvalue weighted by Crippen LogP contribution is -2.34. The molecule has 1 saturated heterocycles. The Morgan fingerprint density at radius 3 is 2.11 bits per heavy atom. The lowest BCUT2D eigenvalue weighted by Gasteiger charge is -2.23. The minimum atomic E-state index is -0.361. The van der Waals surface area contributed by atoms with Gasteiger partial charge in [0.25, 0.3) is 0 Å². The lowest BCUT2D eigenvalue weighted by atomic mass is 10.2. The smallest absolute Gasteiger partial charge is 0.410 e. The zero-order valence-electron chi connectivity index (χ0n) is 12.4. The Kier molecular flexibility index (Phi) is 7.87. The Balaban J connectivity index is 0.000000399. The van der Waals surface area contributed by atoms with E-state index in [0.29, 0.717) is 6.61 Å². The van der Waals surface area contributed by atoms with Crippen LogP contribution in [0.15, 0.2) is 12.7 Å². The average molecular weight is 271 g/mol. The van der Waals surface area contributed by atoms with Crippen molar-refractivity contribution in [2.24, 2.45) is 0 Å². The van der Waals surface area contributed by atoms with E-state index in [1.54, 1.807) is 11.8 Å². The highest BCUT2D eigenvalue weighted by Gasteiger charge is 2.23. The molecule has 0 aliphatic carbocycles. The molecule has 0 spiro atoms. The molecule has 0 aromatic heterocycles. The van der Waals surface area contributed by atoms with E-state index >= 15 is 0 Å². The molecule has 1 aliphatic rings. The van der Waals surface area contributed by atoms with Crippen molar-refractivity contribution in [3.05, 3.63) is 12.7 Å². The van der Waals surface area contributed by atoms with Crippen LogP contribution in [0.1, 0.15) is 40.5 Å². The number of amides is 1. The number of ether oxygens (including phenoxy) is 2. The van der Waals surface area contributed by atoms with Crippen LogP contribution in [-0.4, -0.2) is 42.3 Å². The van der Waals surface area contributed by atoms with Gasteiger partial charge in [0.15, 0.2) is 0 Å². The van der Waals surface area contributed by atoms with Crippen molar-refractivity contribution >= 4 is 12.1 Å². The van der Waals surface area contributed by atoms with E-state index in [1.807, 2.05) is 20.8 Å². The number of rotatable bonds is 2. The van der Waals surface area contributed by atoms with Gasteiger partial charge in [0.1, 0.15) is 5.60 Å². The van der Waals surface area contributed by atoms with Crippen LogP contribution in [0.2, 0.25) is 0 Å². The summed E-state index contributed by atoms with van der Waals surface area (Å²) in [5.41, 5.74) is -0.361. The zero-order chi connectivity index (χ0) is 14.9. The summed E-state index contributed by atoms with van der Waals surface area (Å²) in [5.74, 6) is -0.359. The highest BCUT2D eigenvalue weighted by Crippen LogP contribution is 2.14. The van der Waals surface area contributed by atoms with Gasteiger partial charge in [-0.15, -0.1) is 0 Å². The van der Waals surface area contributed by atoms with E-state index in [1.165, 1.54) is 0 Å². The second kappa shape index (κ2) is 8.56. The topological polar surface area (TPSA) is 55.8 Å². The van der Waals surface area contributed by atoms with Crippen LogP contribution in [-0.2, 0) is 14.3 Å². The third-order valence-corrected chi connectivity index (χ3v) is 2.21. The predicted molar refractivity (Wildman–Crippen MR) is 73.9 cm³/mol. The Morgan fingerprint density at radius 2 is 1.79 bits per heavy atom. The molecule has 0 atom stereocenters. The van der Waals surface area contributed by atoms with Crippen molar-refractivity contribution in [2.45, 2.75) is 46.1 Å². The molecule has 0 aromatic carbocycles. The predicted octanol–water partition coefficient (Wildman–Crippen LogP) is 2.75. The van der Waals surface area contributed by atoms with E-state index < -0.39 is 0 Å². The summed E-state index contributed by atoms with van der Waals surface area (Å²) in [6.45, 7) is 12.8. The second-order valence-electron chi connectivity index (χ2n) is 5.13. The standard InChI is InChI=1S/C9H17NO2.C5H8O2/c1-9(2,3)12-8(11)10-6-4-5-7-10;1-3-5(6)7-4-2/h4-7H2,1-3H3;3H,1,4H2,2H3. The lowest BCUT2D eigenvalue weighted by molar-refractivity contribution is -0.137. The number of hydrogen-bond donors (Lipinski definition) is 0. The van der Waals surface area contributed by atoms with Crippen molar-refractivity contribution in [1.82, 2.24) is 4.90 Å². The van der Waals surface area contributed by atoms with Crippen LogP contribution in [0, 0.1) is 0 Å². The third-order valence-electron chi connectivity index (χ3n) is 2.21. The van der Waals surface area contributed by atoms with E-state index in [0.717, 1.165) is 32.0 Å². The molecule has 1 aliphatic heterocycles. The minimum absolute atomic E-state index is 0.167. The van der Waals surface area contributed by atoms with Crippen molar-refractivity contribution in [3.63, 3.8) is 0 Å². The monoisotopic (exact) mass is 271 g/mol. The van der Waals surface area contributed by atoms with Gasteiger partial charge in [-0.1, -0.05) is 6.58 Å². The van der Waals surface area contributed by atoms with Gasteiger partial charge in [-0.25, -0.2) is 9.59 Å². The summed E-state index contributed by atoms with van der Waals surface area (Å²) >= 11 is 0. The number of likely N-dealkylation sites (tertiary alicyclic amines) is 1. The number of nitrogens with zero attached hydrogens (tertiary/aromatic N) is 1. The molecule has 5 nitrogen and oxygen atoms in total. The summed E-state index contributed by atoms with van der Waals surface area (Å²) in [6.07, 6.45) is 3.20. The van der Waals surface area contributed by atoms with Crippen LogP contribution in [0.4, 0.5) is 4.79 Å². The Morgan fingerprint density at radius 1 is 1.26 bits per heavy atom. The normalized spacial score (nSPS) is 14.2. The molecule has 0 unspecified atom stereocenters. The first-order valence-corrected chi connectivity index (χ1v) is 6.57. The molecule has 19 heavy (non-hydrogen) atoms. The quantitative estimate of drug-likeness (QED) is 0.572. The SMILES string of the molecule is C=CC(=O)OCC.CC(C)(C)OC(=O)N1CCCC1. The fourth-order valence-electron chi connectivity index (χ4n) is 1.43. The second-order valence-corrected chi connectivity index (χ2v) is 5.13. The molecule has 1 fully saturated rings. The highest BCUT2D eigenvalue weighted by molar-refractivity contribution is 5.81. The molecule has 0 bridgehead atoms. The number of carbonyl (C=O) groups is 2. The zero-order valence-corrected chi connectivity index (χ0v) is 12.4. The molecular weight excluding hydrogens is 246 g/mol. The largest absolute Gasteiger partial charge is 0.463 e. The Bertz CT molecular complexity index is 301. The minimum Gasteiger partial charge on any atom is -0.463 e. The number of esters is 1. The van der Waals surface area contributed by atoms with Gasteiger partial charge >= 0.3 is 12.1 Å². The van der Waals surface area contributed by atoms with Crippen LogP contribution in [0.25, 0.3) is 0 Å². The fraction of sp³-hybridized carbons (Fsp3) is 0.714. The fourth-order valence-corrected chi connectivity index (χ4v) is 1.43. The van der Waals surface area contributed by atoms with Gasteiger partial charge in [0, 0.05) is 19.2 Å². The van der Waals surface area contributed by atoms with Crippen LogP contribution in [0.5, 0.6) is 0 Å². The van der Waals surface area contributed by atoms with Crippen molar-refractivity contribution in [2.75, 3.05) is 19.7 Å². The molecule has 5 heteroatoms. The first-order chi connectivity index (χ1) is 8.80. The maximum Gasteiger partial charge on any atom is 0.410 e. The molecule has 1 heterocycles. The van der Waals surface area contributed by atoms with E-state index in [-0.39, 0.29) is 17.7 Å². The molecule has 1 amide bonds. The summed E-state index contributed by atoms with van der Waals surface area (Å²) in [6, 6.07) is 0. The van der Waals surface area contributed by atoms with E-state index in [9.17, 15) is 9.59 Å². The molecule has 1 rings (SSSR count). The van der Waals surface area contributed by atoms with Crippen molar-refractivity contribution in [1.29, 1.82) is 0 Å². The number of carbonyl (C=O) groups excluding carboxylic acids is 2. The van der Waals surface area contributed by atoms with Crippen molar-refractivity contribution in [3.8, 4) is 0 Å². The maximum absolute atomic E-state index is 11.4. The average Bonchev–Trinajstić information content (AvgIpc) is 2.81. The van der Waals surface area contributed by atoms with Crippen LogP contribution < -0.4 is 0 Å². The van der Waals surface area contributed by atoms with Gasteiger partial charge in [0.05, 0.1) is 6.61 Å². The molecule has 110 valence electrons. The van der Waals surface area contributed by atoms with E-state index in [2.05, 4.69) is 11.3 Å². The van der Waals surface area contributed by atoms with Crippen molar-refractivity contribution < 1.29 is 19.1 Å². The Labute approximate surface area is 115 Å². The van der Waals surface area contributed by atoms with E-state index in [4.69, 9.17) is 4.74 Å². The third kappa shape index (κ3) is 9.11.